The SMILES string of the molecule is C#CCn1c(=NC(=O)c2ccc(S(=O)(=O)N(C)C3CCCCC3)cc2)sc2cc(OCC)ccc21. The minimum absolute atomic E-state index is 0.0212. The maximum Gasteiger partial charge on any atom is 0.279 e. The summed E-state index contributed by atoms with van der Waals surface area (Å²) in [6.45, 7) is 2.74. The molecule has 3 aromatic rings. The molecule has 1 saturated carbocycles. The highest BCUT2D eigenvalue weighted by Crippen LogP contribution is 2.27. The van der Waals surface area contributed by atoms with Crippen molar-refractivity contribution in [2.24, 2.45) is 4.99 Å². The van der Waals surface area contributed by atoms with Crippen LogP contribution in [-0.4, -0.2) is 42.9 Å². The number of nitrogens with zero attached hydrogens (tertiary/aromatic N) is 3. The Hall–Kier alpha value is -2.93. The smallest absolute Gasteiger partial charge is 0.279 e. The van der Waals surface area contributed by atoms with Crippen LogP contribution in [0.25, 0.3) is 10.2 Å². The average molecular weight is 512 g/mol. The monoisotopic (exact) mass is 511 g/mol. The van der Waals surface area contributed by atoms with Crippen LogP contribution in [0.5, 0.6) is 5.75 Å². The van der Waals surface area contributed by atoms with Crippen molar-refractivity contribution in [3.8, 4) is 18.1 Å². The van der Waals surface area contributed by atoms with E-state index in [0.717, 1.165) is 48.1 Å². The van der Waals surface area contributed by atoms with Gasteiger partial charge in [0.05, 0.1) is 28.3 Å². The van der Waals surface area contributed by atoms with Crippen LogP contribution >= 0.6 is 11.3 Å². The lowest BCUT2D eigenvalue weighted by atomic mass is 9.96. The third-order valence-electron chi connectivity index (χ3n) is 6.28. The first-order valence-electron chi connectivity index (χ1n) is 11.7. The second-order valence-electron chi connectivity index (χ2n) is 8.49. The van der Waals surface area contributed by atoms with E-state index in [9.17, 15) is 13.2 Å². The van der Waals surface area contributed by atoms with E-state index in [2.05, 4.69) is 10.9 Å². The Bertz CT molecular complexity index is 1420. The third-order valence-corrected chi connectivity index (χ3v) is 9.24. The van der Waals surface area contributed by atoms with E-state index in [1.165, 1.54) is 39.9 Å². The van der Waals surface area contributed by atoms with Gasteiger partial charge in [-0.3, -0.25) is 4.79 Å². The lowest BCUT2D eigenvalue weighted by molar-refractivity contribution is 0.0997. The first kappa shape index (κ1) is 25.2. The standard InChI is InChI=1S/C26H29N3O4S2/c1-4-17-29-23-16-13-21(33-5-2)18-24(23)34-26(29)27-25(30)19-11-14-22(15-12-19)35(31,32)28(3)20-9-7-6-8-10-20/h1,11-16,18,20H,5-10,17H2,2-3H3. The van der Waals surface area contributed by atoms with Crippen LogP contribution in [0.1, 0.15) is 49.4 Å². The molecule has 1 fully saturated rings. The van der Waals surface area contributed by atoms with Gasteiger partial charge in [-0.15, -0.1) is 6.42 Å². The van der Waals surface area contributed by atoms with Gasteiger partial charge in [0.1, 0.15) is 5.75 Å². The molecule has 1 aliphatic rings. The minimum atomic E-state index is -3.62. The van der Waals surface area contributed by atoms with E-state index in [1.54, 1.807) is 7.05 Å². The Morgan fingerprint density at radius 1 is 1.20 bits per heavy atom. The number of rotatable bonds is 7. The van der Waals surface area contributed by atoms with E-state index < -0.39 is 15.9 Å². The van der Waals surface area contributed by atoms with Crippen LogP contribution in [0.2, 0.25) is 0 Å². The number of carbonyl (C=O) groups is 1. The molecule has 0 aliphatic heterocycles. The van der Waals surface area contributed by atoms with Crippen molar-refractivity contribution in [3.63, 3.8) is 0 Å². The summed E-state index contributed by atoms with van der Waals surface area (Å²) in [5.74, 6) is 2.89. The zero-order chi connectivity index (χ0) is 25.0. The summed E-state index contributed by atoms with van der Waals surface area (Å²) < 4.78 is 35.9. The number of hydrogen-bond acceptors (Lipinski definition) is 5. The van der Waals surface area contributed by atoms with Gasteiger partial charge in [-0.05, 0) is 62.2 Å². The van der Waals surface area contributed by atoms with Gasteiger partial charge in [-0.2, -0.15) is 9.30 Å². The Labute approximate surface area is 210 Å². The van der Waals surface area contributed by atoms with Crippen molar-refractivity contribution >= 4 is 37.5 Å². The third kappa shape index (κ3) is 5.35. The van der Waals surface area contributed by atoms with E-state index in [0.29, 0.717) is 17.0 Å². The van der Waals surface area contributed by atoms with Crippen LogP contribution in [0.4, 0.5) is 0 Å². The molecule has 9 heteroatoms. The van der Waals surface area contributed by atoms with Gasteiger partial charge < -0.3 is 9.30 Å². The highest BCUT2D eigenvalue weighted by molar-refractivity contribution is 7.89. The molecule has 4 rings (SSSR count). The largest absolute Gasteiger partial charge is 0.494 e. The van der Waals surface area contributed by atoms with Crippen molar-refractivity contribution < 1.29 is 17.9 Å². The molecule has 0 spiro atoms. The van der Waals surface area contributed by atoms with Crippen molar-refractivity contribution in [1.29, 1.82) is 0 Å². The van der Waals surface area contributed by atoms with Gasteiger partial charge in [0, 0.05) is 18.7 Å². The molecule has 1 aromatic heterocycles. The molecule has 35 heavy (non-hydrogen) atoms. The lowest BCUT2D eigenvalue weighted by Crippen LogP contribution is -2.38. The minimum Gasteiger partial charge on any atom is -0.494 e. The number of thiazole rings is 1. The summed E-state index contributed by atoms with van der Waals surface area (Å²) in [5.41, 5.74) is 1.18. The Morgan fingerprint density at radius 2 is 1.91 bits per heavy atom. The number of carbonyl (C=O) groups excluding carboxylic acids is 1. The maximum atomic E-state index is 13.1. The summed E-state index contributed by atoms with van der Waals surface area (Å²) >= 11 is 1.35. The van der Waals surface area contributed by atoms with Gasteiger partial charge in [-0.25, -0.2) is 8.42 Å². The summed E-state index contributed by atoms with van der Waals surface area (Å²) in [4.78, 5) is 17.9. The average Bonchev–Trinajstić information content (AvgIpc) is 3.20. The number of terminal acetylenes is 1. The predicted octanol–water partition coefficient (Wildman–Crippen LogP) is 4.43. The number of hydrogen-bond donors (Lipinski definition) is 0. The van der Waals surface area contributed by atoms with E-state index >= 15 is 0 Å². The predicted molar refractivity (Wildman–Crippen MR) is 138 cm³/mol. The fraction of sp³-hybridized carbons (Fsp3) is 0.385. The molecule has 1 aliphatic carbocycles. The van der Waals surface area contributed by atoms with E-state index in [1.807, 2.05) is 29.7 Å². The molecule has 7 nitrogen and oxygen atoms in total. The van der Waals surface area contributed by atoms with Gasteiger partial charge in [0.25, 0.3) is 5.91 Å². The summed E-state index contributed by atoms with van der Waals surface area (Å²) in [6, 6.07) is 11.7. The zero-order valence-electron chi connectivity index (χ0n) is 19.9. The van der Waals surface area contributed by atoms with Crippen LogP contribution in [-0.2, 0) is 16.6 Å². The first-order chi connectivity index (χ1) is 16.8. The van der Waals surface area contributed by atoms with Gasteiger partial charge in [0.15, 0.2) is 4.80 Å². The number of amides is 1. The number of ether oxygens (including phenoxy) is 1. The molecular formula is C26H29N3O4S2. The lowest BCUT2D eigenvalue weighted by Gasteiger charge is -2.30. The Balaban J connectivity index is 1.62. The second kappa shape index (κ2) is 10.8. The topological polar surface area (TPSA) is 81.0 Å². The van der Waals surface area contributed by atoms with Crippen molar-refractivity contribution in [2.75, 3.05) is 13.7 Å². The zero-order valence-corrected chi connectivity index (χ0v) is 21.6. The van der Waals surface area contributed by atoms with Crippen molar-refractivity contribution in [3.05, 3.63) is 52.8 Å². The van der Waals surface area contributed by atoms with Crippen molar-refractivity contribution in [1.82, 2.24) is 8.87 Å². The number of aromatic nitrogens is 1. The molecule has 0 unspecified atom stereocenters. The van der Waals surface area contributed by atoms with E-state index in [-0.39, 0.29) is 17.5 Å². The summed E-state index contributed by atoms with van der Waals surface area (Å²) in [5, 5.41) is 0. The quantitative estimate of drug-likeness (QED) is 0.440. The van der Waals surface area contributed by atoms with Crippen LogP contribution in [0.15, 0.2) is 52.4 Å². The number of fused-ring (bicyclic) bond motifs is 1. The molecule has 1 heterocycles. The molecular weight excluding hydrogens is 482 g/mol. The fourth-order valence-corrected chi connectivity index (χ4v) is 6.84. The second-order valence-corrected chi connectivity index (χ2v) is 11.5. The number of sulfonamides is 1. The number of benzene rings is 2. The fourth-order valence-electron chi connectivity index (χ4n) is 4.37. The van der Waals surface area contributed by atoms with Crippen LogP contribution < -0.4 is 9.54 Å². The van der Waals surface area contributed by atoms with Gasteiger partial charge in [-0.1, -0.05) is 36.5 Å². The first-order valence-corrected chi connectivity index (χ1v) is 14.0. The van der Waals surface area contributed by atoms with Crippen LogP contribution in [0.3, 0.4) is 0 Å². The Kier molecular flexibility index (Phi) is 7.75. The van der Waals surface area contributed by atoms with Crippen LogP contribution in [0, 0.1) is 12.3 Å². The highest BCUT2D eigenvalue weighted by Gasteiger charge is 2.29. The van der Waals surface area contributed by atoms with Gasteiger partial charge in [0.2, 0.25) is 10.0 Å². The van der Waals surface area contributed by atoms with Gasteiger partial charge >= 0.3 is 0 Å². The Morgan fingerprint density at radius 3 is 2.57 bits per heavy atom. The molecule has 2 aromatic carbocycles. The molecule has 0 bridgehead atoms. The summed E-state index contributed by atoms with van der Waals surface area (Å²) in [6.07, 6.45) is 10.6. The molecule has 0 radical (unpaired) electrons. The van der Waals surface area contributed by atoms with Crippen molar-refractivity contribution in [2.45, 2.75) is 56.5 Å². The molecule has 1 amide bonds. The summed E-state index contributed by atoms with van der Waals surface area (Å²) in [7, 11) is -1.98. The molecule has 0 N–H and O–H groups in total. The maximum absolute atomic E-state index is 13.1. The normalized spacial score (nSPS) is 15.4. The molecule has 0 saturated heterocycles. The van der Waals surface area contributed by atoms with E-state index in [4.69, 9.17) is 11.2 Å². The molecule has 0 atom stereocenters. The highest BCUT2D eigenvalue weighted by atomic mass is 32.2. The molecule has 184 valence electrons.